The normalized spacial score (nSPS) is 33.5. The van der Waals surface area contributed by atoms with Gasteiger partial charge in [-0.05, 0) is 12.8 Å². The molecule has 0 radical (unpaired) electrons. The number of aromatic nitrogens is 2. The third kappa shape index (κ3) is 4.16. The van der Waals surface area contributed by atoms with Crippen molar-refractivity contribution in [2.24, 2.45) is 11.8 Å². The van der Waals surface area contributed by atoms with Crippen molar-refractivity contribution in [2.45, 2.75) is 88.2 Å². The lowest BCUT2D eigenvalue weighted by Gasteiger charge is -2.26. The van der Waals surface area contributed by atoms with Gasteiger partial charge in [-0.1, -0.05) is 0 Å². The zero-order valence-corrected chi connectivity index (χ0v) is 22.2. The van der Waals surface area contributed by atoms with Gasteiger partial charge >= 0.3 is 11.9 Å². The fourth-order valence-corrected chi connectivity index (χ4v) is 7.19. The van der Waals surface area contributed by atoms with Gasteiger partial charge in [0.05, 0.1) is 61.5 Å². The number of esters is 2. The molecule has 220 valence electrons. The Labute approximate surface area is 234 Å². The third-order valence-electron chi connectivity index (χ3n) is 9.70. The molecule has 0 spiro atoms. The molecule has 13 heteroatoms. The van der Waals surface area contributed by atoms with Gasteiger partial charge in [0.25, 0.3) is 0 Å². The van der Waals surface area contributed by atoms with Gasteiger partial charge < -0.3 is 44.1 Å². The highest BCUT2D eigenvalue weighted by atomic mass is 16.6. The molecule has 2 aromatic rings. The lowest BCUT2D eigenvalue weighted by atomic mass is 9.79. The number of carbonyl (C=O) groups excluding carboxylic acids is 2. The largest absolute Gasteiger partial charge is 0.494 e. The maximum Gasteiger partial charge on any atom is 0.309 e. The van der Waals surface area contributed by atoms with Crippen LogP contribution < -0.4 is 0 Å². The molecule has 0 bridgehead atoms. The number of fused-ring (bicyclic) bond motifs is 5. The summed E-state index contributed by atoms with van der Waals surface area (Å²) in [5.74, 6) is -2.77. The summed E-state index contributed by atoms with van der Waals surface area (Å²) in [7, 11) is 0. The lowest BCUT2D eigenvalue weighted by Crippen LogP contribution is -2.38. The van der Waals surface area contributed by atoms with Crippen molar-refractivity contribution >= 4 is 11.9 Å². The summed E-state index contributed by atoms with van der Waals surface area (Å²) in [5, 5.41) is 42.4. The van der Waals surface area contributed by atoms with Crippen molar-refractivity contribution in [2.75, 3.05) is 13.2 Å². The van der Waals surface area contributed by atoms with E-state index in [-0.39, 0.29) is 86.4 Å². The Hall–Kier alpha value is -3.42. The number of nitrogens with zero attached hydrogens (tertiary/aromatic N) is 2. The van der Waals surface area contributed by atoms with Gasteiger partial charge in [0.1, 0.15) is 13.2 Å². The molecule has 0 aromatic carbocycles. The van der Waals surface area contributed by atoms with Crippen molar-refractivity contribution in [3.05, 3.63) is 22.3 Å². The van der Waals surface area contributed by atoms with Gasteiger partial charge in [0.2, 0.25) is 0 Å². The molecule has 13 nitrogen and oxygen atoms in total. The molecule has 8 atom stereocenters. The maximum atomic E-state index is 13.1. The van der Waals surface area contributed by atoms with E-state index in [2.05, 4.69) is 0 Å². The van der Waals surface area contributed by atoms with Crippen molar-refractivity contribution in [1.82, 2.24) is 9.13 Å². The van der Waals surface area contributed by atoms with E-state index in [1.807, 2.05) is 0 Å². The molecular weight excluding hydrogens is 540 g/mol. The van der Waals surface area contributed by atoms with Crippen LogP contribution in [-0.4, -0.2) is 91.3 Å². The van der Waals surface area contributed by atoms with E-state index in [0.29, 0.717) is 60.8 Å². The van der Waals surface area contributed by atoms with E-state index in [1.165, 1.54) is 9.13 Å². The monoisotopic (exact) mass is 572 g/mol. The number of ether oxygens (including phenoxy) is 5. The van der Waals surface area contributed by atoms with Crippen LogP contribution in [0.1, 0.15) is 35.1 Å². The van der Waals surface area contributed by atoms with Crippen LogP contribution in [0.2, 0.25) is 0 Å². The molecule has 41 heavy (non-hydrogen) atoms. The van der Waals surface area contributed by atoms with E-state index >= 15 is 0 Å². The van der Waals surface area contributed by atoms with E-state index in [4.69, 9.17) is 23.7 Å². The Bertz CT molecular complexity index is 1270. The number of hydrogen-bond donors (Lipinski definition) is 4. The van der Waals surface area contributed by atoms with Crippen molar-refractivity contribution in [1.29, 1.82) is 0 Å². The Balaban J connectivity index is 0.879. The highest BCUT2D eigenvalue weighted by Crippen LogP contribution is 2.47. The second-order valence-electron chi connectivity index (χ2n) is 12.0. The number of epoxide rings is 3. The van der Waals surface area contributed by atoms with Gasteiger partial charge in [-0.25, -0.2) is 0 Å². The Morgan fingerprint density at radius 1 is 0.585 bits per heavy atom. The van der Waals surface area contributed by atoms with Crippen LogP contribution in [0.5, 0.6) is 23.5 Å². The first-order valence-corrected chi connectivity index (χ1v) is 14.3. The zero-order chi connectivity index (χ0) is 28.2. The quantitative estimate of drug-likeness (QED) is 0.254. The van der Waals surface area contributed by atoms with Gasteiger partial charge in [-0.2, -0.15) is 0 Å². The van der Waals surface area contributed by atoms with Gasteiger partial charge in [-0.3, -0.25) is 18.7 Å². The van der Waals surface area contributed by atoms with Crippen LogP contribution in [0, 0.1) is 11.8 Å². The minimum atomic E-state index is -0.747. The molecule has 1 saturated carbocycles. The predicted molar refractivity (Wildman–Crippen MR) is 134 cm³/mol. The smallest absolute Gasteiger partial charge is 0.309 e. The standard InChI is InChI=1S/C28H32N2O11/c31-23-11-5-17-18(39-17)6-12(11)24(32)29(23)1-3-37-27(35)15-9-21-22(41-21)10-16(15)28(36)38-4-2-30-25(33)13-7-19-20(40-19)8-14(13)26(30)34/h15-22,31-34H,1-10H2. The number of carbonyl (C=O) groups is 2. The summed E-state index contributed by atoms with van der Waals surface area (Å²) in [6, 6.07) is 0. The molecule has 6 aliphatic rings. The highest BCUT2D eigenvalue weighted by Gasteiger charge is 2.54. The first-order chi connectivity index (χ1) is 19.8. The van der Waals surface area contributed by atoms with Crippen LogP contribution in [0.4, 0.5) is 0 Å². The van der Waals surface area contributed by atoms with Crippen LogP contribution in [0.25, 0.3) is 0 Å². The van der Waals surface area contributed by atoms with Crippen LogP contribution in [-0.2, 0) is 72.0 Å². The summed E-state index contributed by atoms with van der Waals surface area (Å²) in [4.78, 5) is 26.2. The molecule has 4 N–H and O–H groups in total. The Kier molecular flexibility index (Phi) is 5.58. The molecule has 3 aliphatic carbocycles. The summed E-state index contributed by atoms with van der Waals surface area (Å²) in [5.41, 5.74) is 2.69. The zero-order valence-electron chi connectivity index (χ0n) is 22.2. The van der Waals surface area contributed by atoms with Gasteiger partial charge in [0.15, 0.2) is 23.5 Å². The summed E-state index contributed by atoms with van der Waals surface area (Å²) in [6.07, 6.45) is 3.02. The van der Waals surface area contributed by atoms with Gasteiger partial charge in [-0.15, -0.1) is 0 Å². The van der Waals surface area contributed by atoms with Crippen LogP contribution >= 0.6 is 0 Å². The molecule has 0 amide bonds. The average molecular weight is 573 g/mol. The van der Waals surface area contributed by atoms with E-state index in [1.54, 1.807) is 0 Å². The molecular formula is C28H32N2O11. The Morgan fingerprint density at radius 3 is 1.24 bits per heavy atom. The second kappa shape index (κ2) is 9.04. The van der Waals surface area contributed by atoms with Crippen molar-refractivity contribution in [3.8, 4) is 23.5 Å². The molecule has 3 saturated heterocycles. The third-order valence-corrected chi connectivity index (χ3v) is 9.70. The predicted octanol–water partition coefficient (Wildman–Crippen LogP) is 0.424. The van der Waals surface area contributed by atoms with Crippen LogP contribution in [0.15, 0.2) is 0 Å². The first kappa shape index (κ1) is 25.3. The summed E-state index contributed by atoms with van der Waals surface area (Å²) >= 11 is 0. The van der Waals surface area contributed by atoms with Crippen molar-refractivity contribution < 1.29 is 53.7 Å². The minimum Gasteiger partial charge on any atom is -0.494 e. The maximum absolute atomic E-state index is 13.1. The second-order valence-corrected chi connectivity index (χ2v) is 12.0. The fraction of sp³-hybridized carbons (Fsp3) is 0.643. The minimum absolute atomic E-state index is 0.0402. The molecule has 8 rings (SSSR count). The fourth-order valence-electron chi connectivity index (χ4n) is 7.19. The summed E-state index contributed by atoms with van der Waals surface area (Å²) in [6.45, 7) is -0.0434. The molecule has 5 heterocycles. The molecule has 4 fully saturated rings. The van der Waals surface area contributed by atoms with E-state index in [0.717, 1.165) is 0 Å². The Morgan fingerprint density at radius 2 is 0.902 bits per heavy atom. The lowest BCUT2D eigenvalue weighted by molar-refractivity contribution is -0.162. The van der Waals surface area contributed by atoms with Gasteiger partial charge in [0, 0.05) is 47.9 Å². The van der Waals surface area contributed by atoms with Crippen LogP contribution in [0.3, 0.4) is 0 Å². The summed E-state index contributed by atoms with van der Waals surface area (Å²) < 4.78 is 30.3. The average Bonchev–Trinajstić information content (AvgIpc) is 3.88. The number of hydrogen-bond acceptors (Lipinski definition) is 11. The first-order valence-electron chi connectivity index (χ1n) is 14.3. The molecule has 8 unspecified atom stereocenters. The SMILES string of the molecule is O=C(OCCn1c(O)c2c(c1O)CC1OC1C2)C1CC2OC2CC1C(=O)OCCn1c(O)c2c(c1O)CC1OC1C2. The molecule has 3 aliphatic heterocycles. The van der Waals surface area contributed by atoms with E-state index < -0.39 is 23.8 Å². The van der Waals surface area contributed by atoms with E-state index in [9.17, 15) is 30.0 Å². The van der Waals surface area contributed by atoms with Crippen molar-refractivity contribution in [3.63, 3.8) is 0 Å². The number of rotatable bonds is 8. The highest BCUT2D eigenvalue weighted by molar-refractivity contribution is 5.82. The number of aromatic hydroxyl groups is 4. The topological polar surface area (TPSA) is 181 Å². The molecule has 2 aromatic heterocycles.